The largest absolute Gasteiger partial charge is 0.368 e. The van der Waals surface area contributed by atoms with Crippen molar-refractivity contribution in [3.8, 4) is 0 Å². The van der Waals surface area contributed by atoms with Crippen LogP contribution < -0.4 is 5.32 Å². The van der Waals surface area contributed by atoms with E-state index in [2.05, 4.69) is 16.4 Å². The highest BCUT2D eigenvalue weighted by molar-refractivity contribution is 8.00. The van der Waals surface area contributed by atoms with Crippen LogP contribution in [0.2, 0.25) is 5.02 Å². The van der Waals surface area contributed by atoms with Crippen LogP contribution in [-0.2, 0) is 0 Å². The van der Waals surface area contributed by atoms with Gasteiger partial charge in [0.1, 0.15) is 5.37 Å². The molecule has 1 N–H and O–H groups in total. The number of rotatable bonds is 1. The Morgan fingerprint density at radius 2 is 2.00 bits per heavy atom. The molecule has 4 heteroatoms. The summed E-state index contributed by atoms with van der Waals surface area (Å²) in [5, 5.41) is 4.47. The summed E-state index contributed by atoms with van der Waals surface area (Å²) in [6.07, 6.45) is 3.63. The second-order valence-corrected chi connectivity index (χ2v) is 5.15. The summed E-state index contributed by atoms with van der Waals surface area (Å²) >= 11 is 7.76. The van der Waals surface area contributed by atoms with Crippen LogP contribution in [0.25, 0.3) is 0 Å². The van der Waals surface area contributed by atoms with E-state index in [1.165, 1.54) is 10.5 Å². The molecule has 2 heterocycles. The minimum atomic E-state index is 0.261. The number of nitrogens with one attached hydrogen (secondary N) is 1. The van der Waals surface area contributed by atoms with E-state index in [4.69, 9.17) is 11.6 Å². The second-order valence-electron chi connectivity index (χ2n) is 3.56. The quantitative estimate of drug-likeness (QED) is 0.827. The lowest BCUT2D eigenvalue weighted by Gasteiger charge is -2.09. The van der Waals surface area contributed by atoms with E-state index in [1.54, 1.807) is 11.8 Å². The molecule has 16 heavy (non-hydrogen) atoms. The van der Waals surface area contributed by atoms with E-state index in [0.29, 0.717) is 0 Å². The molecule has 0 aliphatic carbocycles. The van der Waals surface area contributed by atoms with Crippen molar-refractivity contribution in [1.29, 1.82) is 0 Å². The molecule has 0 saturated heterocycles. The number of benzene rings is 1. The second kappa shape index (κ2) is 4.00. The summed E-state index contributed by atoms with van der Waals surface area (Å²) in [7, 11) is 0. The zero-order valence-corrected chi connectivity index (χ0v) is 9.92. The first kappa shape index (κ1) is 10.00. The van der Waals surface area contributed by atoms with Crippen molar-refractivity contribution in [2.75, 3.05) is 5.32 Å². The molecule has 0 fully saturated rings. The van der Waals surface area contributed by atoms with Crippen molar-refractivity contribution in [3.05, 3.63) is 53.3 Å². The van der Waals surface area contributed by atoms with E-state index < -0.39 is 0 Å². The number of fused-ring (bicyclic) bond motifs is 1. The van der Waals surface area contributed by atoms with Crippen LogP contribution >= 0.6 is 23.4 Å². The molecule has 0 amide bonds. The van der Waals surface area contributed by atoms with Gasteiger partial charge in [-0.1, -0.05) is 23.4 Å². The lowest BCUT2D eigenvalue weighted by molar-refractivity contribution is 1.11. The monoisotopic (exact) mass is 248 g/mol. The summed E-state index contributed by atoms with van der Waals surface area (Å²) in [4.78, 5) is 5.26. The van der Waals surface area contributed by atoms with Gasteiger partial charge in [0.2, 0.25) is 0 Å². The highest BCUT2D eigenvalue weighted by Crippen LogP contribution is 2.46. The van der Waals surface area contributed by atoms with Gasteiger partial charge in [-0.05, 0) is 35.9 Å². The van der Waals surface area contributed by atoms with E-state index in [0.717, 1.165) is 10.7 Å². The Bertz CT molecular complexity index is 516. The van der Waals surface area contributed by atoms with Crippen LogP contribution in [0, 0.1) is 0 Å². The van der Waals surface area contributed by atoms with E-state index in [9.17, 15) is 0 Å². The molecular formula is C12H9ClN2S. The van der Waals surface area contributed by atoms with Gasteiger partial charge in [-0.25, -0.2) is 0 Å². The van der Waals surface area contributed by atoms with Crippen molar-refractivity contribution in [1.82, 2.24) is 4.98 Å². The van der Waals surface area contributed by atoms with Gasteiger partial charge in [-0.3, -0.25) is 4.98 Å². The average Bonchev–Trinajstić information content (AvgIpc) is 2.73. The standard InChI is InChI=1S/C12H9ClN2S/c13-9-1-2-11-10(7-9)15-12(16-11)8-3-5-14-6-4-8/h1-7,12,15H. The molecule has 0 bridgehead atoms. The molecule has 1 aromatic carbocycles. The van der Waals surface area contributed by atoms with E-state index in [-0.39, 0.29) is 5.37 Å². The summed E-state index contributed by atoms with van der Waals surface area (Å²) in [5.41, 5.74) is 2.34. The Balaban J connectivity index is 1.91. The van der Waals surface area contributed by atoms with Crippen LogP contribution in [0.4, 0.5) is 5.69 Å². The molecule has 0 spiro atoms. The highest BCUT2D eigenvalue weighted by Gasteiger charge is 2.22. The predicted molar refractivity (Wildman–Crippen MR) is 67.9 cm³/mol. The molecule has 1 aliphatic heterocycles. The number of hydrogen-bond donors (Lipinski definition) is 1. The first-order valence-corrected chi connectivity index (χ1v) is 6.21. The fraction of sp³-hybridized carbons (Fsp3) is 0.0833. The zero-order chi connectivity index (χ0) is 11.0. The Morgan fingerprint density at radius 3 is 2.81 bits per heavy atom. The fourth-order valence-electron chi connectivity index (χ4n) is 1.71. The van der Waals surface area contributed by atoms with Gasteiger partial charge in [0.05, 0.1) is 5.69 Å². The number of thioether (sulfide) groups is 1. The fourth-order valence-corrected chi connectivity index (χ4v) is 3.00. The lowest BCUT2D eigenvalue weighted by Crippen LogP contribution is -2.00. The maximum atomic E-state index is 5.96. The number of anilines is 1. The summed E-state index contributed by atoms with van der Waals surface area (Å²) in [6.45, 7) is 0. The Hall–Kier alpha value is -1.19. The van der Waals surface area contributed by atoms with E-state index in [1.807, 2.05) is 36.7 Å². The first-order chi connectivity index (χ1) is 7.83. The Kier molecular flexibility index (Phi) is 2.50. The van der Waals surface area contributed by atoms with Gasteiger partial charge in [-0.2, -0.15) is 0 Å². The normalized spacial score (nSPS) is 17.9. The molecule has 0 radical (unpaired) electrons. The number of aromatic nitrogens is 1. The number of halogens is 1. The lowest BCUT2D eigenvalue weighted by atomic mass is 10.2. The molecule has 3 rings (SSSR count). The molecule has 1 unspecified atom stereocenters. The van der Waals surface area contributed by atoms with Gasteiger partial charge in [0.25, 0.3) is 0 Å². The zero-order valence-electron chi connectivity index (χ0n) is 8.35. The van der Waals surface area contributed by atoms with Crippen molar-refractivity contribution in [2.24, 2.45) is 0 Å². The Morgan fingerprint density at radius 1 is 1.19 bits per heavy atom. The van der Waals surface area contributed by atoms with Gasteiger partial charge >= 0.3 is 0 Å². The molecule has 1 aromatic heterocycles. The van der Waals surface area contributed by atoms with Gasteiger partial charge < -0.3 is 5.32 Å². The van der Waals surface area contributed by atoms with E-state index >= 15 is 0 Å². The first-order valence-electron chi connectivity index (χ1n) is 4.95. The molecule has 2 aromatic rings. The van der Waals surface area contributed by atoms with Crippen LogP contribution in [0.15, 0.2) is 47.6 Å². The van der Waals surface area contributed by atoms with Gasteiger partial charge in [0.15, 0.2) is 0 Å². The van der Waals surface area contributed by atoms with Crippen molar-refractivity contribution in [3.63, 3.8) is 0 Å². The molecule has 0 saturated carbocycles. The van der Waals surface area contributed by atoms with Crippen LogP contribution in [0.3, 0.4) is 0 Å². The number of pyridine rings is 1. The van der Waals surface area contributed by atoms with Crippen molar-refractivity contribution < 1.29 is 0 Å². The van der Waals surface area contributed by atoms with Gasteiger partial charge in [0, 0.05) is 22.3 Å². The molecule has 1 atom stereocenters. The average molecular weight is 249 g/mol. The van der Waals surface area contributed by atoms with Crippen molar-refractivity contribution in [2.45, 2.75) is 10.3 Å². The minimum Gasteiger partial charge on any atom is -0.368 e. The minimum absolute atomic E-state index is 0.261. The third kappa shape index (κ3) is 1.77. The smallest absolute Gasteiger partial charge is 0.103 e. The maximum absolute atomic E-state index is 5.96. The van der Waals surface area contributed by atoms with Crippen LogP contribution in [0.5, 0.6) is 0 Å². The number of hydrogen-bond acceptors (Lipinski definition) is 3. The highest BCUT2D eigenvalue weighted by atomic mass is 35.5. The summed E-state index contributed by atoms with van der Waals surface area (Å²) < 4.78 is 0. The molecular weight excluding hydrogens is 240 g/mol. The third-order valence-corrected chi connectivity index (χ3v) is 3.95. The molecule has 2 nitrogen and oxygen atoms in total. The van der Waals surface area contributed by atoms with Crippen LogP contribution in [-0.4, -0.2) is 4.98 Å². The topological polar surface area (TPSA) is 24.9 Å². The van der Waals surface area contributed by atoms with Crippen LogP contribution in [0.1, 0.15) is 10.9 Å². The summed E-state index contributed by atoms with van der Waals surface area (Å²) in [5.74, 6) is 0. The molecule has 1 aliphatic rings. The number of nitrogens with zero attached hydrogens (tertiary/aromatic N) is 1. The SMILES string of the molecule is Clc1ccc2c(c1)NC(c1ccncc1)S2. The summed E-state index contributed by atoms with van der Waals surface area (Å²) in [6, 6.07) is 9.99. The Labute approximate surface area is 103 Å². The van der Waals surface area contributed by atoms with Crippen molar-refractivity contribution >= 4 is 29.1 Å². The maximum Gasteiger partial charge on any atom is 0.103 e. The predicted octanol–water partition coefficient (Wildman–Crippen LogP) is 3.95. The third-order valence-electron chi connectivity index (χ3n) is 2.48. The van der Waals surface area contributed by atoms with Gasteiger partial charge in [-0.15, -0.1) is 0 Å². The molecule has 80 valence electrons.